The van der Waals surface area contributed by atoms with E-state index >= 15 is 0 Å². The Morgan fingerprint density at radius 3 is 2.54 bits per heavy atom. The molecule has 2 N–H and O–H groups in total. The second kappa shape index (κ2) is 10.5. The molecule has 4 aromatic rings. The summed E-state index contributed by atoms with van der Waals surface area (Å²) in [6.07, 6.45) is 5.55. The van der Waals surface area contributed by atoms with E-state index in [2.05, 4.69) is 52.8 Å². The maximum atomic E-state index is 14.0. The number of aromatic nitrogens is 4. The first-order valence-electron chi connectivity index (χ1n) is 13.7. The number of fused-ring (bicyclic) bond motifs is 1. The van der Waals surface area contributed by atoms with Crippen molar-refractivity contribution in [1.29, 1.82) is 5.26 Å². The Morgan fingerprint density at radius 1 is 1.22 bits per heavy atom. The number of nitrogens with zero attached hydrogens (tertiary/aromatic N) is 6. The highest BCUT2D eigenvalue weighted by atomic mass is 19.1. The van der Waals surface area contributed by atoms with Gasteiger partial charge in [0.1, 0.15) is 25.4 Å². The molecular weight excluding hydrogens is 518 g/mol. The van der Waals surface area contributed by atoms with Gasteiger partial charge in [-0.15, -0.1) is 5.10 Å². The third-order valence-corrected chi connectivity index (χ3v) is 7.28. The molecule has 1 aliphatic carbocycles. The summed E-state index contributed by atoms with van der Waals surface area (Å²) >= 11 is 0. The standard InChI is InChI=1S/C30H34BFN8O/c1-29(2,3)17-35-26-18(14-33)15-34-27-23(26)12-21(13-24(27)28(41)39(4)5)36-30(31,19-6-8-20(32)9-7-19)25-16-40(38-37-25)22-10-11-22/h6-9,12-13,15-16,22,36H,10-11,17,31H2,1-5H3,(H,34,35). The molecule has 1 saturated carbocycles. The molecule has 1 aliphatic rings. The molecule has 2 aromatic heterocycles. The summed E-state index contributed by atoms with van der Waals surface area (Å²) in [5.74, 6) is -0.562. The fourth-order valence-corrected chi connectivity index (χ4v) is 4.79. The number of rotatable bonds is 8. The smallest absolute Gasteiger partial charge is 0.255 e. The lowest BCUT2D eigenvalue weighted by atomic mass is 9.69. The van der Waals surface area contributed by atoms with Gasteiger partial charge in [-0.1, -0.05) is 38.1 Å². The molecule has 9 nitrogen and oxygen atoms in total. The van der Waals surface area contributed by atoms with Crippen LogP contribution in [0.1, 0.15) is 66.8 Å². The molecule has 1 unspecified atom stereocenters. The maximum Gasteiger partial charge on any atom is 0.255 e. The van der Waals surface area contributed by atoms with E-state index in [1.807, 2.05) is 24.8 Å². The van der Waals surface area contributed by atoms with Gasteiger partial charge in [-0.3, -0.25) is 9.78 Å². The van der Waals surface area contributed by atoms with Crippen molar-refractivity contribution in [3.63, 3.8) is 0 Å². The Bertz CT molecular complexity index is 1650. The van der Waals surface area contributed by atoms with E-state index in [1.54, 1.807) is 32.3 Å². The van der Waals surface area contributed by atoms with Crippen LogP contribution in [0.5, 0.6) is 0 Å². The Balaban J connectivity index is 1.70. The van der Waals surface area contributed by atoms with E-state index in [-0.39, 0.29) is 17.1 Å². The lowest BCUT2D eigenvalue weighted by molar-refractivity contribution is 0.0829. The molecule has 2 heterocycles. The van der Waals surface area contributed by atoms with Gasteiger partial charge in [0.2, 0.25) is 0 Å². The molecule has 0 spiro atoms. The van der Waals surface area contributed by atoms with Crippen LogP contribution in [0.2, 0.25) is 0 Å². The topological polar surface area (TPSA) is 112 Å². The Labute approximate surface area is 240 Å². The molecule has 0 saturated heterocycles. The van der Waals surface area contributed by atoms with Crippen LogP contribution >= 0.6 is 0 Å². The summed E-state index contributed by atoms with van der Waals surface area (Å²) < 4.78 is 15.8. The quantitative estimate of drug-likeness (QED) is 0.314. The summed E-state index contributed by atoms with van der Waals surface area (Å²) in [6, 6.07) is 12.5. The van der Waals surface area contributed by atoms with Gasteiger partial charge in [-0.05, 0) is 48.1 Å². The van der Waals surface area contributed by atoms with Crippen LogP contribution in [-0.4, -0.2) is 59.3 Å². The molecule has 0 radical (unpaired) electrons. The summed E-state index contributed by atoms with van der Waals surface area (Å²) in [7, 11) is 5.34. The number of hydrogen-bond donors (Lipinski definition) is 2. The van der Waals surface area contributed by atoms with Crippen LogP contribution in [-0.2, 0) is 5.44 Å². The molecule has 11 heteroatoms. The van der Waals surface area contributed by atoms with E-state index in [9.17, 15) is 14.4 Å². The minimum Gasteiger partial charge on any atom is -0.383 e. The molecule has 41 heavy (non-hydrogen) atoms. The number of nitriles is 1. The van der Waals surface area contributed by atoms with Crippen molar-refractivity contribution in [2.75, 3.05) is 31.3 Å². The lowest BCUT2D eigenvalue weighted by Gasteiger charge is -2.31. The Kier molecular flexibility index (Phi) is 7.20. The van der Waals surface area contributed by atoms with Gasteiger partial charge in [-0.25, -0.2) is 9.07 Å². The van der Waals surface area contributed by atoms with Crippen molar-refractivity contribution < 1.29 is 9.18 Å². The molecule has 1 fully saturated rings. The van der Waals surface area contributed by atoms with Crippen molar-refractivity contribution >= 4 is 36.0 Å². The summed E-state index contributed by atoms with van der Waals surface area (Å²) in [4.78, 5) is 19.5. The monoisotopic (exact) mass is 552 g/mol. The number of anilines is 2. The first kappa shape index (κ1) is 28.1. The van der Waals surface area contributed by atoms with Crippen molar-refractivity contribution in [2.24, 2.45) is 5.41 Å². The van der Waals surface area contributed by atoms with Crippen LogP contribution < -0.4 is 10.6 Å². The molecule has 5 rings (SSSR count). The van der Waals surface area contributed by atoms with Gasteiger partial charge in [0.15, 0.2) is 0 Å². The number of pyridine rings is 1. The van der Waals surface area contributed by atoms with Gasteiger partial charge in [0.05, 0.1) is 40.0 Å². The van der Waals surface area contributed by atoms with E-state index in [4.69, 9.17) is 0 Å². The highest BCUT2D eigenvalue weighted by Gasteiger charge is 2.35. The van der Waals surface area contributed by atoms with E-state index < -0.39 is 5.44 Å². The lowest BCUT2D eigenvalue weighted by Crippen LogP contribution is -2.38. The van der Waals surface area contributed by atoms with Crippen LogP contribution in [0.15, 0.2) is 48.8 Å². The zero-order chi connectivity index (χ0) is 29.5. The van der Waals surface area contributed by atoms with Crippen molar-refractivity contribution in [2.45, 2.75) is 45.1 Å². The molecular formula is C30H34BFN8O. The average Bonchev–Trinajstić information content (AvgIpc) is 3.65. The second-order valence-corrected chi connectivity index (χ2v) is 12.3. The van der Waals surface area contributed by atoms with Gasteiger partial charge in [0, 0.05) is 37.9 Å². The predicted octanol–water partition coefficient (Wildman–Crippen LogP) is 4.28. The number of nitrogens with one attached hydrogen (secondary N) is 2. The van der Waals surface area contributed by atoms with Crippen LogP contribution in [0.4, 0.5) is 15.8 Å². The minimum atomic E-state index is -0.924. The number of benzene rings is 2. The number of amides is 1. The molecule has 2 aromatic carbocycles. The summed E-state index contributed by atoms with van der Waals surface area (Å²) in [5, 5.41) is 26.5. The summed E-state index contributed by atoms with van der Waals surface area (Å²) in [5.41, 5.74) is 2.95. The Hall–Kier alpha value is -4.46. The first-order valence-corrected chi connectivity index (χ1v) is 13.7. The van der Waals surface area contributed by atoms with Gasteiger partial charge >= 0.3 is 0 Å². The molecule has 0 aliphatic heterocycles. The van der Waals surface area contributed by atoms with Gasteiger partial charge in [0.25, 0.3) is 5.91 Å². The van der Waals surface area contributed by atoms with E-state index in [0.717, 1.165) is 18.4 Å². The SMILES string of the molecule is BC(Nc1cc(C(=O)N(C)C)c2ncc(C#N)c(NCC(C)(C)C)c2c1)(c1ccc(F)cc1)c1cn(C2CC2)nn1. The predicted molar refractivity (Wildman–Crippen MR) is 160 cm³/mol. The minimum absolute atomic E-state index is 0.0605. The first-order chi connectivity index (χ1) is 19.4. The molecule has 210 valence electrons. The largest absolute Gasteiger partial charge is 0.383 e. The average molecular weight is 552 g/mol. The van der Waals surface area contributed by atoms with Crippen molar-refractivity contribution in [3.05, 3.63) is 77.0 Å². The molecule has 1 amide bonds. The highest BCUT2D eigenvalue weighted by Crippen LogP contribution is 2.38. The van der Waals surface area contributed by atoms with Gasteiger partial charge in [-0.2, -0.15) is 5.26 Å². The fraction of sp³-hybridized carbons (Fsp3) is 0.367. The highest BCUT2D eigenvalue weighted by molar-refractivity contribution is 6.19. The zero-order valence-corrected chi connectivity index (χ0v) is 24.3. The number of carbonyl (C=O) groups excluding carboxylic acids is 1. The van der Waals surface area contributed by atoms with Crippen LogP contribution in [0.25, 0.3) is 10.9 Å². The van der Waals surface area contributed by atoms with E-state index in [0.29, 0.717) is 51.7 Å². The van der Waals surface area contributed by atoms with Crippen molar-refractivity contribution in [1.82, 2.24) is 24.9 Å². The Morgan fingerprint density at radius 2 is 1.93 bits per heavy atom. The summed E-state index contributed by atoms with van der Waals surface area (Å²) in [6.45, 7) is 6.91. The fourth-order valence-electron chi connectivity index (χ4n) is 4.79. The zero-order valence-electron chi connectivity index (χ0n) is 24.3. The van der Waals surface area contributed by atoms with E-state index in [1.165, 1.54) is 23.2 Å². The van der Waals surface area contributed by atoms with Crippen molar-refractivity contribution in [3.8, 4) is 6.07 Å². The molecule has 0 bridgehead atoms. The van der Waals surface area contributed by atoms with Crippen LogP contribution in [0.3, 0.4) is 0 Å². The number of hydrogen-bond acceptors (Lipinski definition) is 7. The third kappa shape index (κ3) is 5.73. The number of carbonyl (C=O) groups is 1. The van der Waals surface area contributed by atoms with Crippen LogP contribution in [0, 0.1) is 22.6 Å². The number of halogens is 1. The third-order valence-electron chi connectivity index (χ3n) is 7.28. The molecule has 1 atom stereocenters. The maximum absolute atomic E-state index is 14.0. The second-order valence-electron chi connectivity index (χ2n) is 12.3. The van der Waals surface area contributed by atoms with Gasteiger partial charge < -0.3 is 15.5 Å². The normalized spacial score (nSPS) is 14.8.